The van der Waals surface area contributed by atoms with Gasteiger partial charge in [-0.25, -0.2) is 19.6 Å². The van der Waals surface area contributed by atoms with Crippen molar-refractivity contribution >= 4 is 12.2 Å². The summed E-state index contributed by atoms with van der Waals surface area (Å²) in [6, 6.07) is -0.370. The molecule has 0 saturated heterocycles. The second-order valence-corrected chi connectivity index (χ2v) is 4.00. The van der Waals surface area contributed by atoms with Crippen LogP contribution in [0.3, 0.4) is 0 Å². The van der Waals surface area contributed by atoms with Gasteiger partial charge in [0.2, 0.25) is 12.2 Å². The fraction of sp³-hybridized carbons (Fsp3) is 0.800. The lowest BCUT2D eigenvalue weighted by Crippen LogP contribution is -2.24. The lowest BCUT2D eigenvalue weighted by Gasteiger charge is -2.16. The van der Waals surface area contributed by atoms with Gasteiger partial charge in [-0.1, -0.05) is 10.4 Å². The molecule has 0 amide bonds. The standard InChI is InChI=1S/C10H18N6O2/c1-9(11-7-17)5-15(3)13-14-16(4)6-10(2)12-8-18/h9-10H,5-6H2,1-4H3/b14-13+. The summed E-state index contributed by atoms with van der Waals surface area (Å²) in [5, 5.41) is 11.0. The molecule has 100 valence electrons. The minimum Gasteiger partial charge on any atom is -0.278 e. The van der Waals surface area contributed by atoms with Crippen LogP contribution in [0.5, 0.6) is 0 Å². The third-order valence-corrected chi connectivity index (χ3v) is 1.95. The molecule has 0 aromatic carbocycles. The van der Waals surface area contributed by atoms with Gasteiger partial charge in [-0.15, -0.1) is 0 Å². The number of aliphatic imine (C=N–C) groups is 2. The van der Waals surface area contributed by atoms with Gasteiger partial charge in [-0.3, -0.25) is 10.0 Å². The van der Waals surface area contributed by atoms with Crippen molar-refractivity contribution < 1.29 is 9.59 Å². The fourth-order valence-electron chi connectivity index (χ4n) is 1.24. The number of likely N-dealkylation sites (N-methyl/N-ethyl adjacent to an activating group) is 2. The molecule has 0 heterocycles. The average molecular weight is 254 g/mol. The minimum absolute atomic E-state index is 0.185. The Balaban J connectivity index is 4.12. The molecular formula is C10H18N6O2. The highest BCUT2D eigenvalue weighted by Crippen LogP contribution is 1.97. The zero-order valence-electron chi connectivity index (χ0n) is 11.1. The van der Waals surface area contributed by atoms with E-state index < -0.39 is 0 Å². The van der Waals surface area contributed by atoms with Gasteiger partial charge in [-0.2, -0.15) is 0 Å². The molecule has 8 nitrogen and oxygen atoms in total. The first-order valence-corrected chi connectivity index (χ1v) is 5.47. The quantitative estimate of drug-likeness (QED) is 0.274. The summed E-state index contributed by atoms with van der Waals surface area (Å²) < 4.78 is 0. The van der Waals surface area contributed by atoms with Crippen molar-refractivity contribution in [3.8, 4) is 0 Å². The lowest BCUT2D eigenvalue weighted by molar-refractivity contribution is 0.237. The first-order chi connectivity index (χ1) is 8.49. The highest BCUT2D eigenvalue weighted by molar-refractivity contribution is 5.33. The average Bonchev–Trinajstić information content (AvgIpc) is 2.27. The molecule has 0 spiro atoms. The van der Waals surface area contributed by atoms with Crippen molar-refractivity contribution in [2.24, 2.45) is 20.4 Å². The molecule has 0 aromatic heterocycles. The predicted molar refractivity (Wildman–Crippen MR) is 65.3 cm³/mol. The molecule has 2 atom stereocenters. The van der Waals surface area contributed by atoms with Crippen molar-refractivity contribution in [1.82, 2.24) is 10.0 Å². The molecule has 0 saturated carbocycles. The number of hydrogen-bond acceptors (Lipinski definition) is 6. The maximum atomic E-state index is 10.0. The highest BCUT2D eigenvalue weighted by atomic mass is 16.1. The van der Waals surface area contributed by atoms with E-state index in [0.29, 0.717) is 13.1 Å². The molecule has 0 radical (unpaired) electrons. The molecular weight excluding hydrogens is 236 g/mol. The fourth-order valence-corrected chi connectivity index (χ4v) is 1.24. The van der Waals surface area contributed by atoms with E-state index in [-0.39, 0.29) is 12.1 Å². The van der Waals surface area contributed by atoms with E-state index >= 15 is 0 Å². The first kappa shape index (κ1) is 16.0. The molecule has 0 aliphatic carbocycles. The lowest BCUT2D eigenvalue weighted by atomic mass is 10.3. The summed E-state index contributed by atoms with van der Waals surface area (Å²) in [7, 11) is 3.45. The van der Waals surface area contributed by atoms with Crippen molar-refractivity contribution in [3.05, 3.63) is 0 Å². The van der Waals surface area contributed by atoms with Crippen LogP contribution in [0.4, 0.5) is 0 Å². The van der Waals surface area contributed by atoms with Crippen molar-refractivity contribution in [2.75, 3.05) is 27.2 Å². The van der Waals surface area contributed by atoms with Gasteiger partial charge in [0, 0.05) is 14.1 Å². The van der Waals surface area contributed by atoms with Gasteiger partial charge in [0.15, 0.2) is 0 Å². The molecule has 0 aliphatic rings. The van der Waals surface area contributed by atoms with Gasteiger partial charge in [-0.05, 0) is 13.8 Å². The van der Waals surface area contributed by atoms with Gasteiger partial charge in [0.25, 0.3) is 0 Å². The zero-order valence-corrected chi connectivity index (χ0v) is 11.1. The molecule has 18 heavy (non-hydrogen) atoms. The Hall–Kier alpha value is -2.04. The number of carbonyl (C=O) groups excluding carboxylic acids is 2. The van der Waals surface area contributed by atoms with E-state index in [1.807, 2.05) is 0 Å². The smallest absolute Gasteiger partial charge is 0.235 e. The predicted octanol–water partition coefficient (Wildman–Crippen LogP) is 0.581. The Labute approximate surface area is 106 Å². The topological polar surface area (TPSA) is 90.1 Å². The summed E-state index contributed by atoms with van der Waals surface area (Å²) in [6.45, 7) is 4.49. The molecule has 0 N–H and O–H groups in total. The van der Waals surface area contributed by atoms with E-state index in [1.165, 1.54) is 12.2 Å². The maximum absolute atomic E-state index is 10.0. The normalized spacial score (nSPS) is 13.3. The third-order valence-electron chi connectivity index (χ3n) is 1.95. The van der Waals surface area contributed by atoms with E-state index in [1.54, 1.807) is 38.0 Å². The van der Waals surface area contributed by atoms with E-state index in [4.69, 9.17) is 0 Å². The van der Waals surface area contributed by atoms with Crippen LogP contribution in [-0.2, 0) is 9.59 Å². The summed E-state index contributed by atoms with van der Waals surface area (Å²) in [4.78, 5) is 27.2. The summed E-state index contributed by atoms with van der Waals surface area (Å²) >= 11 is 0. The van der Waals surface area contributed by atoms with Gasteiger partial charge < -0.3 is 0 Å². The van der Waals surface area contributed by atoms with Crippen LogP contribution in [0, 0.1) is 0 Å². The molecule has 0 rings (SSSR count). The SMILES string of the molecule is CC(CN(C)/N=N/N(C)CC(C)N=C=O)N=C=O. The molecule has 2 unspecified atom stereocenters. The second-order valence-electron chi connectivity index (χ2n) is 4.00. The molecule has 8 heteroatoms. The van der Waals surface area contributed by atoms with Crippen LogP contribution in [-0.4, -0.2) is 61.4 Å². The number of nitrogens with zero attached hydrogens (tertiary/aromatic N) is 6. The van der Waals surface area contributed by atoms with Gasteiger partial charge in [0.05, 0.1) is 25.2 Å². The highest BCUT2D eigenvalue weighted by Gasteiger charge is 2.04. The minimum atomic E-state index is -0.185. The van der Waals surface area contributed by atoms with E-state index in [2.05, 4.69) is 20.4 Å². The Bertz CT molecular complexity index is 325. The van der Waals surface area contributed by atoms with Crippen LogP contribution in [0.1, 0.15) is 13.8 Å². The number of hydrogen-bond donors (Lipinski definition) is 0. The Morgan fingerprint density at radius 1 is 0.889 bits per heavy atom. The van der Waals surface area contributed by atoms with Gasteiger partial charge >= 0.3 is 0 Å². The number of rotatable bonds is 8. The Morgan fingerprint density at radius 3 is 1.50 bits per heavy atom. The summed E-state index contributed by atoms with van der Waals surface area (Å²) in [5.74, 6) is 0. The van der Waals surface area contributed by atoms with Crippen LogP contribution in [0.15, 0.2) is 20.4 Å². The van der Waals surface area contributed by atoms with E-state index in [9.17, 15) is 9.59 Å². The van der Waals surface area contributed by atoms with Gasteiger partial charge in [0.1, 0.15) is 0 Å². The summed E-state index contributed by atoms with van der Waals surface area (Å²) in [6.07, 6.45) is 2.99. The third kappa shape index (κ3) is 8.15. The largest absolute Gasteiger partial charge is 0.278 e. The zero-order chi connectivity index (χ0) is 14.0. The summed E-state index contributed by atoms with van der Waals surface area (Å²) in [5.41, 5.74) is 0. The van der Waals surface area contributed by atoms with Crippen molar-refractivity contribution in [2.45, 2.75) is 25.9 Å². The van der Waals surface area contributed by atoms with Crippen molar-refractivity contribution in [3.63, 3.8) is 0 Å². The monoisotopic (exact) mass is 254 g/mol. The number of isocyanates is 2. The Kier molecular flexibility index (Phi) is 8.01. The molecule has 0 aliphatic heterocycles. The second kappa shape index (κ2) is 9.04. The van der Waals surface area contributed by atoms with E-state index in [0.717, 1.165) is 0 Å². The van der Waals surface area contributed by atoms with Crippen LogP contribution < -0.4 is 0 Å². The van der Waals surface area contributed by atoms with Crippen molar-refractivity contribution in [1.29, 1.82) is 0 Å². The van der Waals surface area contributed by atoms with Crippen LogP contribution >= 0.6 is 0 Å². The van der Waals surface area contributed by atoms with Crippen LogP contribution in [0.25, 0.3) is 0 Å². The Morgan fingerprint density at radius 2 is 1.22 bits per heavy atom. The molecule has 0 fully saturated rings. The van der Waals surface area contributed by atoms with Crippen LogP contribution in [0.2, 0.25) is 0 Å². The molecule has 0 bridgehead atoms. The first-order valence-electron chi connectivity index (χ1n) is 5.47. The molecule has 0 aromatic rings. The maximum Gasteiger partial charge on any atom is 0.235 e.